The molecule has 0 amide bonds. The molecule has 2 fully saturated rings. The largest absolute Gasteiger partial charge is 0.346 e. The summed E-state index contributed by atoms with van der Waals surface area (Å²) in [6.45, 7) is 2.16. The Kier molecular flexibility index (Phi) is 3.62. The average molecular weight is 317 g/mol. The molecule has 2 saturated heterocycles. The zero-order valence-corrected chi connectivity index (χ0v) is 13.5. The SMILES string of the molecule is CN1[C@H]2CC[C@H]1CN(c1nc(-c3ccc(F)cc3)cs1)CC2. The van der Waals surface area contributed by atoms with E-state index in [2.05, 4.69) is 22.2 Å². The third-order valence-electron chi connectivity index (χ3n) is 5.05. The highest BCUT2D eigenvalue weighted by molar-refractivity contribution is 7.14. The van der Waals surface area contributed by atoms with Gasteiger partial charge < -0.3 is 4.90 Å². The fraction of sp³-hybridized carbons (Fsp3) is 0.471. The summed E-state index contributed by atoms with van der Waals surface area (Å²) in [5, 5.41) is 3.18. The van der Waals surface area contributed by atoms with Crippen molar-refractivity contribution >= 4 is 16.5 Å². The second kappa shape index (κ2) is 5.63. The molecule has 22 heavy (non-hydrogen) atoms. The van der Waals surface area contributed by atoms with Gasteiger partial charge in [-0.2, -0.15) is 0 Å². The van der Waals surface area contributed by atoms with Gasteiger partial charge in [0.15, 0.2) is 5.13 Å². The van der Waals surface area contributed by atoms with E-state index < -0.39 is 0 Å². The summed E-state index contributed by atoms with van der Waals surface area (Å²) in [6, 6.07) is 7.98. The number of halogens is 1. The lowest BCUT2D eigenvalue weighted by molar-refractivity contribution is 0.254. The number of hydrogen-bond donors (Lipinski definition) is 0. The molecular formula is C17H20FN3S. The van der Waals surface area contributed by atoms with Crippen molar-refractivity contribution in [3.8, 4) is 11.3 Å². The first-order valence-electron chi connectivity index (χ1n) is 7.89. The number of hydrogen-bond acceptors (Lipinski definition) is 4. The Bertz CT molecular complexity index is 654. The highest BCUT2D eigenvalue weighted by Crippen LogP contribution is 2.33. The number of benzene rings is 1. The standard InChI is InChI=1S/C17H20FN3S/c1-20-14-6-7-15(20)10-21(9-8-14)17-19-16(11-22-17)12-2-4-13(18)5-3-12/h2-5,11,14-15H,6-10H2,1H3/t14-,15-/m0/s1. The van der Waals surface area contributed by atoms with Crippen LogP contribution < -0.4 is 4.90 Å². The molecule has 1 aromatic carbocycles. The van der Waals surface area contributed by atoms with Gasteiger partial charge in [0.05, 0.1) is 5.69 Å². The number of likely N-dealkylation sites (N-methyl/N-ethyl adjacent to an activating group) is 1. The molecule has 4 rings (SSSR count). The molecule has 2 bridgehead atoms. The Hall–Kier alpha value is -1.46. The van der Waals surface area contributed by atoms with Crippen molar-refractivity contribution in [2.24, 2.45) is 0 Å². The molecule has 0 N–H and O–H groups in total. The smallest absolute Gasteiger partial charge is 0.185 e. The molecule has 116 valence electrons. The van der Waals surface area contributed by atoms with Crippen molar-refractivity contribution in [3.05, 3.63) is 35.5 Å². The predicted octanol–water partition coefficient (Wildman–Crippen LogP) is 3.62. The summed E-state index contributed by atoms with van der Waals surface area (Å²) < 4.78 is 13.0. The number of thiazole rings is 1. The van der Waals surface area contributed by atoms with Crippen molar-refractivity contribution in [2.75, 3.05) is 25.0 Å². The minimum Gasteiger partial charge on any atom is -0.346 e. The molecular weight excluding hydrogens is 297 g/mol. The van der Waals surface area contributed by atoms with Crippen LogP contribution in [0.4, 0.5) is 9.52 Å². The van der Waals surface area contributed by atoms with Crippen LogP contribution in [0.1, 0.15) is 19.3 Å². The Morgan fingerprint density at radius 2 is 1.91 bits per heavy atom. The summed E-state index contributed by atoms with van der Waals surface area (Å²) in [7, 11) is 2.26. The second-order valence-electron chi connectivity index (χ2n) is 6.31. The number of rotatable bonds is 2. The van der Waals surface area contributed by atoms with Gasteiger partial charge in [-0.1, -0.05) is 0 Å². The summed E-state index contributed by atoms with van der Waals surface area (Å²) in [5.41, 5.74) is 1.93. The zero-order valence-electron chi connectivity index (χ0n) is 12.7. The fourth-order valence-corrected chi connectivity index (χ4v) is 4.52. The van der Waals surface area contributed by atoms with Crippen molar-refractivity contribution in [1.29, 1.82) is 0 Å². The molecule has 0 saturated carbocycles. The van der Waals surface area contributed by atoms with E-state index in [1.165, 1.54) is 31.4 Å². The first-order valence-corrected chi connectivity index (χ1v) is 8.77. The van der Waals surface area contributed by atoms with E-state index in [1.54, 1.807) is 23.5 Å². The Morgan fingerprint density at radius 1 is 1.14 bits per heavy atom. The lowest BCUT2D eigenvalue weighted by atomic mass is 10.1. The minimum absolute atomic E-state index is 0.203. The topological polar surface area (TPSA) is 19.4 Å². The predicted molar refractivity (Wildman–Crippen MR) is 88.9 cm³/mol. The van der Waals surface area contributed by atoms with E-state index >= 15 is 0 Å². The van der Waals surface area contributed by atoms with Gasteiger partial charge >= 0.3 is 0 Å². The Balaban J connectivity index is 1.55. The third kappa shape index (κ3) is 2.52. The van der Waals surface area contributed by atoms with Crippen LogP contribution in [0.5, 0.6) is 0 Å². The molecule has 2 aliphatic heterocycles. The Morgan fingerprint density at radius 3 is 2.73 bits per heavy atom. The van der Waals surface area contributed by atoms with Gasteiger partial charge in [-0.25, -0.2) is 9.37 Å². The number of nitrogens with zero attached hydrogens (tertiary/aromatic N) is 3. The van der Waals surface area contributed by atoms with Gasteiger partial charge in [-0.3, -0.25) is 4.90 Å². The molecule has 0 radical (unpaired) electrons. The zero-order chi connectivity index (χ0) is 15.1. The van der Waals surface area contributed by atoms with Crippen molar-refractivity contribution in [1.82, 2.24) is 9.88 Å². The monoisotopic (exact) mass is 317 g/mol. The van der Waals surface area contributed by atoms with Crippen LogP contribution in [-0.4, -0.2) is 42.1 Å². The highest BCUT2D eigenvalue weighted by atomic mass is 32.1. The molecule has 3 nitrogen and oxygen atoms in total. The van der Waals surface area contributed by atoms with Gasteiger partial charge in [0.1, 0.15) is 5.82 Å². The van der Waals surface area contributed by atoms with E-state index in [0.29, 0.717) is 6.04 Å². The van der Waals surface area contributed by atoms with Crippen LogP contribution in [0.2, 0.25) is 0 Å². The maximum atomic E-state index is 13.0. The highest BCUT2D eigenvalue weighted by Gasteiger charge is 2.35. The molecule has 1 aromatic heterocycles. The normalized spacial score (nSPS) is 25.5. The Labute approximate surface area is 134 Å². The summed E-state index contributed by atoms with van der Waals surface area (Å²) in [4.78, 5) is 9.77. The average Bonchev–Trinajstić information content (AvgIpc) is 3.06. The van der Waals surface area contributed by atoms with E-state index in [0.717, 1.165) is 35.5 Å². The van der Waals surface area contributed by atoms with Crippen LogP contribution >= 0.6 is 11.3 Å². The van der Waals surface area contributed by atoms with E-state index in [-0.39, 0.29) is 5.82 Å². The van der Waals surface area contributed by atoms with Crippen molar-refractivity contribution in [2.45, 2.75) is 31.3 Å². The molecule has 0 aliphatic carbocycles. The molecule has 0 unspecified atom stereocenters. The van der Waals surface area contributed by atoms with E-state index in [1.807, 2.05) is 0 Å². The summed E-state index contributed by atoms with van der Waals surface area (Å²) in [6.07, 6.45) is 3.86. The van der Waals surface area contributed by atoms with Crippen LogP contribution in [0.15, 0.2) is 29.6 Å². The molecule has 5 heteroatoms. The third-order valence-corrected chi connectivity index (χ3v) is 5.95. The first kappa shape index (κ1) is 14.2. The van der Waals surface area contributed by atoms with Crippen LogP contribution in [-0.2, 0) is 0 Å². The van der Waals surface area contributed by atoms with Gasteiger partial charge in [0, 0.05) is 36.1 Å². The molecule has 3 heterocycles. The number of anilines is 1. The molecule has 2 atom stereocenters. The molecule has 2 aromatic rings. The summed E-state index contributed by atoms with van der Waals surface area (Å²) >= 11 is 1.70. The van der Waals surface area contributed by atoms with Gasteiger partial charge in [-0.15, -0.1) is 11.3 Å². The van der Waals surface area contributed by atoms with Gasteiger partial charge in [-0.05, 0) is 50.6 Å². The van der Waals surface area contributed by atoms with E-state index in [4.69, 9.17) is 4.98 Å². The number of aromatic nitrogens is 1. The fourth-order valence-electron chi connectivity index (χ4n) is 3.65. The van der Waals surface area contributed by atoms with Crippen molar-refractivity contribution < 1.29 is 4.39 Å². The van der Waals surface area contributed by atoms with Crippen LogP contribution in [0.3, 0.4) is 0 Å². The van der Waals surface area contributed by atoms with Gasteiger partial charge in [0.25, 0.3) is 0 Å². The molecule has 0 spiro atoms. The van der Waals surface area contributed by atoms with E-state index in [9.17, 15) is 4.39 Å². The lowest BCUT2D eigenvalue weighted by Gasteiger charge is -2.25. The molecule has 2 aliphatic rings. The maximum Gasteiger partial charge on any atom is 0.185 e. The van der Waals surface area contributed by atoms with Gasteiger partial charge in [0.2, 0.25) is 0 Å². The second-order valence-corrected chi connectivity index (χ2v) is 7.14. The minimum atomic E-state index is -0.203. The summed E-state index contributed by atoms with van der Waals surface area (Å²) in [5.74, 6) is -0.203. The number of fused-ring (bicyclic) bond motifs is 2. The van der Waals surface area contributed by atoms with Crippen LogP contribution in [0, 0.1) is 5.82 Å². The lowest BCUT2D eigenvalue weighted by Crippen LogP contribution is -2.36. The van der Waals surface area contributed by atoms with Crippen LogP contribution in [0.25, 0.3) is 11.3 Å². The first-order chi connectivity index (χ1) is 10.7. The van der Waals surface area contributed by atoms with Crippen molar-refractivity contribution in [3.63, 3.8) is 0 Å². The maximum absolute atomic E-state index is 13.0. The quantitative estimate of drug-likeness (QED) is 0.843.